The van der Waals surface area contributed by atoms with Crippen molar-refractivity contribution >= 4 is 38.1 Å². The normalized spacial score (nSPS) is 20.1. The summed E-state index contributed by atoms with van der Waals surface area (Å²) < 4.78 is 69.3. The second-order valence-corrected chi connectivity index (χ2v) is 17.0. The summed E-state index contributed by atoms with van der Waals surface area (Å²) in [6.45, 7) is 7.46. The summed E-state index contributed by atoms with van der Waals surface area (Å²) in [5.41, 5.74) is 1.94. The number of nitrogens with one attached hydrogen (secondary N) is 2. The number of hydrogen-bond acceptors (Lipinski definition) is 8. The number of rotatable bonds is 8. The fourth-order valence-electron chi connectivity index (χ4n) is 6.14. The predicted octanol–water partition coefficient (Wildman–Crippen LogP) is 2.48. The van der Waals surface area contributed by atoms with Crippen LogP contribution in [-0.4, -0.2) is 65.6 Å². The molecule has 3 aromatic carbocycles. The summed E-state index contributed by atoms with van der Waals surface area (Å²) in [5, 5.41) is 13.9. The quantitative estimate of drug-likeness (QED) is 0.186. The molecule has 3 aliphatic heterocycles. The van der Waals surface area contributed by atoms with E-state index in [1.807, 2.05) is 6.07 Å². The Morgan fingerprint density at radius 2 is 1.93 bits per heavy atom. The van der Waals surface area contributed by atoms with Crippen molar-refractivity contribution in [3.63, 3.8) is 0 Å². The summed E-state index contributed by atoms with van der Waals surface area (Å²) >= 11 is -0.0388. The summed E-state index contributed by atoms with van der Waals surface area (Å²) in [5.74, 6) is -0.972. The second-order valence-electron chi connectivity index (χ2n) is 12.0. The van der Waals surface area contributed by atoms with E-state index in [2.05, 4.69) is 38.5 Å². The van der Waals surface area contributed by atoms with Gasteiger partial charge < -0.3 is 10.2 Å². The summed E-state index contributed by atoms with van der Waals surface area (Å²) in [4.78, 5) is 11.0. The van der Waals surface area contributed by atoms with Crippen LogP contribution in [-0.2, 0) is 10.0 Å². The molecule has 242 valence electrons. The number of halogens is 3. The molecule has 3 N–H and O–H groups in total. The van der Waals surface area contributed by atoms with Gasteiger partial charge in [0, 0.05) is 12.2 Å². The third-order valence-corrected chi connectivity index (χ3v) is 12.5. The maximum absolute atomic E-state index is 16.2. The number of likely N-dealkylation sites (tertiary alicyclic amines) is 1. The van der Waals surface area contributed by atoms with Crippen LogP contribution < -0.4 is 36.0 Å². The SMILES string of the molecule is C=C(C)c1c(NS(=O)(=O)c2cc(C3C[I-]3)cc3c2OC[C@@H]3O)ccc(F)c1-c1ccc2nc(NC3CCN(C)CC3)ncc2c1F. The second kappa shape index (κ2) is 12.0. The summed E-state index contributed by atoms with van der Waals surface area (Å²) in [6, 6.07) is 9.09. The fraction of sp³-hybridized carbons (Fsp3) is 0.333. The molecule has 2 saturated heterocycles. The van der Waals surface area contributed by atoms with E-state index in [-0.39, 0.29) is 72.3 Å². The number of aliphatic hydroxyl groups is 1. The first kappa shape index (κ1) is 31.2. The van der Waals surface area contributed by atoms with Crippen LogP contribution in [0.15, 0.2) is 54.1 Å². The number of ether oxygens (including phenoxy) is 1. The van der Waals surface area contributed by atoms with E-state index in [0.717, 1.165) is 42.0 Å². The van der Waals surface area contributed by atoms with Gasteiger partial charge in [-0.05, 0) is 33.0 Å². The Labute approximate surface area is 276 Å². The van der Waals surface area contributed by atoms with Crippen LogP contribution in [0.1, 0.15) is 46.5 Å². The van der Waals surface area contributed by atoms with E-state index in [0.29, 0.717) is 26.5 Å². The fourth-order valence-corrected chi connectivity index (χ4v) is 9.05. The zero-order valence-corrected chi connectivity index (χ0v) is 28.3. The first-order chi connectivity index (χ1) is 22.0. The third-order valence-electron chi connectivity index (χ3n) is 8.66. The summed E-state index contributed by atoms with van der Waals surface area (Å²) in [7, 11) is -2.20. The van der Waals surface area contributed by atoms with Gasteiger partial charge in [-0.2, -0.15) is 0 Å². The van der Waals surface area contributed by atoms with Gasteiger partial charge in [0.05, 0.1) is 5.52 Å². The van der Waals surface area contributed by atoms with Gasteiger partial charge in [0.25, 0.3) is 0 Å². The summed E-state index contributed by atoms with van der Waals surface area (Å²) in [6.07, 6.45) is 2.34. The Kier molecular flexibility index (Phi) is 8.14. The zero-order valence-electron chi connectivity index (χ0n) is 25.3. The number of aliphatic hydroxyl groups excluding tert-OH is 1. The number of fused-ring (bicyclic) bond motifs is 2. The molecule has 0 radical (unpaired) electrons. The average molecular weight is 761 g/mol. The number of anilines is 2. The number of aromatic nitrogens is 2. The van der Waals surface area contributed by atoms with Crippen molar-refractivity contribution < 1.29 is 48.2 Å². The molecule has 2 atom stereocenters. The molecule has 2 fully saturated rings. The number of nitrogens with zero attached hydrogens (tertiary/aromatic N) is 3. The van der Waals surface area contributed by atoms with E-state index >= 15 is 8.78 Å². The Morgan fingerprint density at radius 1 is 1.17 bits per heavy atom. The Bertz CT molecular complexity index is 2000. The van der Waals surface area contributed by atoms with Crippen molar-refractivity contribution in [2.45, 2.75) is 40.7 Å². The first-order valence-electron chi connectivity index (χ1n) is 15.0. The molecule has 0 aliphatic carbocycles. The number of allylic oxidation sites excluding steroid dienone is 1. The van der Waals surface area contributed by atoms with E-state index in [1.54, 1.807) is 19.1 Å². The maximum atomic E-state index is 16.2. The number of piperidine rings is 1. The Hall–Kier alpha value is -3.40. The van der Waals surface area contributed by atoms with Gasteiger partial charge in [-0.3, -0.25) is 0 Å². The average Bonchev–Trinajstić information content (AvgIpc) is 3.81. The van der Waals surface area contributed by atoms with Crippen LogP contribution >= 0.6 is 0 Å². The van der Waals surface area contributed by atoms with E-state index in [9.17, 15) is 13.5 Å². The number of alkyl halides is 2. The molecule has 3 aliphatic rings. The Balaban J connectivity index is 1.26. The van der Waals surface area contributed by atoms with Crippen LogP contribution in [0.5, 0.6) is 5.75 Å². The van der Waals surface area contributed by atoms with Crippen LogP contribution in [0.4, 0.5) is 20.4 Å². The van der Waals surface area contributed by atoms with Gasteiger partial charge in [-0.25, -0.2) is 9.97 Å². The molecule has 46 heavy (non-hydrogen) atoms. The van der Waals surface area contributed by atoms with Crippen molar-refractivity contribution in [1.82, 2.24) is 14.9 Å². The molecule has 4 aromatic rings. The minimum absolute atomic E-state index is 0.0360. The van der Waals surface area contributed by atoms with Gasteiger partial charge in [-0.1, -0.05) is 0 Å². The molecule has 0 amide bonds. The topological polar surface area (TPSA) is 117 Å². The molecule has 4 heterocycles. The molecule has 0 bridgehead atoms. The van der Waals surface area contributed by atoms with Gasteiger partial charge in [0.1, 0.15) is 0 Å². The number of benzene rings is 3. The molecular formula is C33H33F2IN5O4S-. The van der Waals surface area contributed by atoms with E-state index in [4.69, 9.17) is 4.74 Å². The van der Waals surface area contributed by atoms with Crippen molar-refractivity contribution in [2.75, 3.05) is 41.2 Å². The zero-order chi connectivity index (χ0) is 32.3. The van der Waals surface area contributed by atoms with Crippen LogP contribution in [0.2, 0.25) is 0 Å². The van der Waals surface area contributed by atoms with Crippen LogP contribution in [0.25, 0.3) is 27.6 Å². The van der Waals surface area contributed by atoms with Crippen molar-refractivity contribution in [2.24, 2.45) is 0 Å². The first-order valence-corrected chi connectivity index (χ1v) is 19.2. The molecular weight excluding hydrogens is 727 g/mol. The number of sulfonamides is 1. The third kappa shape index (κ3) is 5.82. The van der Waals surface area contributed by atoms with E-state index in [1.165, 1.54) is 18.3 Å². The van der Waals surface area contributed by atoms with E-state index < -0.39 is 27.8 Å². The van der Waals surface area contributed by atoms with Crippen LogP contribution in [0, 0.1) is 11.6 Å². The minimum atomic E-state index is -4.28. The molecule has 9 nitrogen and oxygen atoms in total. The Morgan fingerprint density at radius 3 is 2.65 bits per heavy atom. The van der Waals surface area contributed by atoms with Gasteiger partial charge in [0.2, 0.25) is 5.95 Å². The van der Waals surface area contributed by atoms with Crippen molar-refractivity contribution in [3.05, 3.63) is 77.5 Å². The molecule has 13 heteroatoms. The molecule has 0 spiro atoms. The van der Waals surface area contributed by atoms with Crippen molar-refractivity contribution in [3.8, 4) is 16.9 Å². The van der Waals surface area contributed by atoms with Gasteiger partial charge in [0.15, 0.2) is 0 Å². The number of hydrogen-bond donors (Lipinski definition) is 3. The predicted molar refractivity (Wildman–Crippen MR) is 169 cm³/mol. The van der Waals surface area contributed by atoms with Crippen molar-refractivity contribution in [1.29, 1.82) is 0 Å². The molecule has 1 aromatic heterocycles. The molecule has 0 saturated carbocycles. The molecule has 1 unspecified atom stereocenters. The monoisotopic (exact) mass is 760 g/mol. The van der Waals surface area contributed by atoms with Gasteiger partial charge in [-0.15, -0.1) is 0 Å². The standard InChI is InChI=1S/C33H33F2IN5O4S/c1-17(2)29-26(40-46(43,44)28-13-18(24-14-36-24)12-21-27(42)16-45-32(21)28)7-5-23(34)30(29)20-4-6-25-22(31(20)35)15-37-33(39-25)38-19-8-10-41(3)11-9-19/h4-7,12-13,15,19,24,27,40,42H,1,8-11,14,16H2,2-3H3,(H,37,38,39)/q-1/t24?,27-/m0/s1. The van der Waals surface area contributed by atoms with Crippen LogP contribution in [0.3, 0.4) is 0 Å². The molecule has 7 rings (SSSR count). The van der Waals surface area contributed by atoms with Gasteiger partial charge >= 0.3 is 201 Å².